The molecule has 1 aromatic rings. The summed E-state index contributed by atoms with van der Waals surface area (Å²) in [7, 11) is 0. The van der Waals surface area contributed by atoms with E-state index >= 15 is 0 Å². The van der Waals surface area contributed by atoms with Gasteiger partial charge in [-0.25, -0.2) is 4.79 Å². The van der Waals surface area contributed by atoms with Gasteiger partial charge in [-0.1, -0.05) is 18.5 Å². The Kier molecular flexibility index (Phi) is 5.36. The number of hydrogen-bond donors (Lipinski definition) is 2. The number of carbonyl (C=O) groups excluding carboxylic acids is 1. The van der Waals surface area contributed by atoms with Crippen LogP contribution in [0.3, 0.4) is 0 Å². The smallest absolute Gasteiger partial charge is 0.321 e. The van der Waals surface area contributed by atoms with E-state index in [2.05, 4.69) is 5.32 Å². The molecule has 2 amide bonds. The van der Waals surface area contributed by atoms with Crippen molar-refractivity contribution in [1.82, 2.24) is 4.90 Å². The highest BCUT2D eigenvalue weighted by molar-refractivity contribution is 6.31. The van der Waals surface area contributed by atoms with Gasteiger partial charge in [-0.3, -0.25) is 4.79 Å². The summed E-state index contributed by atoms with van der Waals surface area (Å²) >= 11 is 5.98. The highest BCUT2D eigenvalue weighted by Crippen LogP contribution is 2.32. The van der Waals surface area contributed by atoms with Gasteiger partial charge in [0.15, 0.2) is 0 Å². The molecule has 0 bridgehead atoms. The number of amides is 2. The number of hydrogen-bond acceptors (Lipinski definition) is 3. The number of ether oxygens (including phenoxy) is 1. The number of carboxylic acid groups (broad SMARTS) is 1. The Balaban J connectivity index is 2.08. The number of rotatable bonds is 5. The highest BCUT2D eigenvalue weighted by atomic mass is 35.5. The zero-order valence-electron chi connectivity index (χ0n) is 13.3. The first-order chi connectivity index (χ1) is 10.9. The third-order valence-electron chi connectivity index (χ3n) is 3.92. The SMILES string of the molecule is CCCOc1ccc(Cl)cc1NC(=O)N1CCC(C)(C(=O)O)C1. The summed E-state index contributed by atoms with van der Waals surface area (Å²) < 4.78 is 5.60. The number of urea groups is 1. The average molecular weight is 341 g/mol. The van der Waals surface area contributed by atoms with Gasteiger partial charge in [0.1, 0.15) is 5.75 Å². The third-order valence-corrected chi connectivity index (χ3v) is 4.16. The average Bonchev–Trinajstić information content (AvgIpc) is 2.91. The summed E-state index contributed by atoms with van der Waals surface area (Å²) in [5.41, 5.74) is -0.410. The Hall–Kier alpha value is -1.95. The van der Waals surface area contributed by atoms with Crippen LogP contribution in [0.5, 0.6) is 5.75 Å². The quantitative estimate of drug-likeness (QED) is 0.860. The number of likely N-dealkylation sites (tertiary alicyclic amines) is 1. The van der Waals surface area contributed by atoms with E-state index in [0.29, 0.717) is 36.0 Å². The number of nitrogens with zero attached hydrogens (tertiary/aromatic N) is 1. The van der Waals surface area contributed by atoms with E-state index in [1.807, 2.05) is 6.92 Å². The van der Waals surface area contributed by atoms with Crippen LogP contribution in [-0.2, 0) is 4.79 Å². The zero-order valence-corrected chi connectivity index (χ0v) is 14.0. The van der Waals surface area contributed by atoms with Gasteiger partial charge in [0, 0.05) is 18.1 Å². The van der Waals surface area contributed by atoms with Gasteiger partial charge < -0.3 is 20.1 Å². The van der Waals surface area contributed by atoms with Crippen molar-refractivity contribution in [2.24, 2.45) is 5.41 Å². The summed E-state index contributed by atoms with van der Waals surface area (Å²) in [6.07, 6.45) is 1.28. The van der Waals surface area contributed by atoms with Crippen molar-refractivity contribution in [1.29, 1.82) is 0 Å². The Labute approximate surface area is 140 Å². The molecule has 6 nitrogen and oxygen atoms in total. The summed E-state index contributed by atoms with van der Waals surface area (Å²) in [5, 5.41) is 12.5. The van der Waals surface area contributed by atoms with E-state index in [1.165, 1.54) is 4.90 Å². The molecule has 126 valence electrons. The summed E-state index contributed by atoms with van der Waals surface area (Å²) in [6.45, 7) is 4.76. The van der Waals surface area contributed by atoms with Crippen molar-refractivity contribution < 1.29 is 19.4 Å². The first kappa shape index (κ1) is 17.4. The molecule has 1 aliphatic rings. The topological polar surface area (TPSA) is 78.9 Å². The van der Waals surface area contributed by atoms with E-state index in [4.69, 9.17) is 16.3 Å². The Bertz CT molecular complexity index is 608. The molecule has 1 atom stereocenters. The predicted octanol–water partition coefficient (Wildman–Crippen LogP) is 3.46. The third kappa shape index (κ3) is 4.07. The molecule has 1 saturated heterocycles. The maximum atomic E-state index is 12.4. The second-order valence-electron chi connectivity index (χ2n) is 5.96. The molecule has 23 heavy (non-hydrogen) atoms. The number of carbonyl (C=O) groups is 2. The molecule has 0 aliphatic carbocycles. The fourth-order valence-corrected chi connectivity index (χ4v) is 2.61. The van der Waals surface area contributed by atoms with Crippen LogP contribution in [0, 0.1) is 5.41 Å². The number of halogens is 1. The van der Waals surface area contributed by atoms with Crippen molar-refractivity contribution in [2.75, 3.05) is 25.0 Å². The van der Waals surface area contributed by atoms with Gasteiger partial charge >= 0.3 is 12.0 Å². The minimum atomic E-state index is -0.896. The number of carboxylic acids is 1. The number of aliphatic carboxylic acids is 1. The van der Waals surface area contributed by atoms with Crippen molar-refractivity contribution >= 4 is 29.3 Å². The first-order valence-electron chi connectivity index (χ1n) is 7.57. The van der Waals surface area contributed by atoms with Crippen molar-refractivity contribution in [3.8, 4) is 5.75 Å². The Morgan fingerprint density at radius 3 is 2.83 bits per heavy atom. The molecule has 1 unspecified atom stereocenters. The normalized spacial score (nSPS) is 20.4. The Morgan fingerprint density at radius 1 is 1.48 bits per heavy atom. The van der Waals surface area contributed by atoms with Crippen LogP contribution in [0.25, 0.3) is 0 Å². The van der Waals surface area contributed by atoms with Gasteiger partial charge in [-0.05, 0) is 38.0 Å². The number of benzene rings is 1. The molecule has 2 rings (SSSR count). The number of anilines is 1. The summed E-state index contributed by atoms with van der Waals surface area (Å²) in [6, 6.07) is 4.67. The Morgan fingerprint density at radius 2 is 2.22 bits per heavy atom. The maximum absolute atomic E-state index is 12.4. The zero-order chi connectivity index (χ0) is 17.0. The second-order valence-corrected chi connectivity index (χ2v) is 6.39. The molecular weight excluding hydrogens is 320 g/mol. The molecule has 1 fully saturated rings. The van der Waals surface area contributed by atoms with Gasteiger partial charge in [-0.15, -0.1) is 0 Å². The molecule has 0 aromatic heterocycles. The van der Waals surface area contributed by atoms with Gasteiger partial charge in [-0.2, -0.15) is 0 Å². The van der Waals surface area contributed by atoms with Gasteiger partial charge in [0.05, 0.1) is 17.7 Å². The predicted molar refractivity (Wildman–Crippen MR) is 88.2 cm³/mol. The molecule has 1 aromatic carbocycles. The van der Waals surface area contributed by atoms with Crippen LogP contribution >= 0.6 is 11.6 Å². The van der Waals surface area contributed by atoms with Crippen LogP contribution in [0.2, 0.25) is 5.02 Å². The monoisotopic (exact) mass is 340 g/mol. The van der Waals surface area contributed by atoms with Crippen molar-refractivity contribution in [3.63, 3.8) is 0 Å². The minimum Gasteiger partial charge on any atom is -0.491 e. The van der Waals surface area contributed by atoms with Crippen LogP contribution in [0.15, 0.2) is 18.2 Å². The molecule has 1 heterocycles. The van der Waals surface area contributed by atoms with E-state index in [1.54, 1.807) is 25.1 Å². The maximum Gasteiger partial charge on any atom is 0.321 e. The van der Waals surface area contributed by atoms with Crippen molar-refractivity contribution in [3.05, 3.63) is 23.2 Å². The largest absolute Gasteiger partial charge is 0.491 e. The standard InChI is InChI=1S/C16H21ClN2O4/c1-3-8-23-13-5-4-11(17)9-12(13)18-15(22)19-7-6-16(2,10-19)14(20)21/h4-5,9H,3,6-8,10H2,1-2H3,(H,18,22)(H,20,21). The molecule has 0 saturated carbocycles. The first-order valence-corrected chi connectivity index (χ1v) is 7.95. The van der Waals surface area contributed by atoms with E-state index < -0.39 is 11.4 Å². The van der Waals surface area contributed by atoms with Crippen LogP contribution in [0.1, 0.15) is 26.7 Å². The van der Waals surface area contributed by atoms with Crippen molar-refractivity contribution in [2.45, 2.75) is 26.7 Å². The fraction of sp³-hybridized carbons (Fsp3) is 0.500. The van der Waals surface area contributed by atoms with Crippen LogP contribution in [-0.4, -0.2) is 41.7 Å². The van der Waals surface area contributed by atoms with Crippen LogP contribution in [0.4, 0.5) is 10.5 Å². The summed E-state index contributed by atoms with van der Waals surface area (Å²) in [4.78, 5) is 25.2. The summed E-state index contributed by atoms with van der Waals surface area (Å²) in [5.74, 6) is -0.340. The second kappa shape index (κ2) is 7.08. The van der Waals surface area contributed by atoms with Gasteiger partial charge in [0.25, 0.3) is 0 Å². The molecular formula is C16H21ClN2O4. The highest BCUT2D eigenvalue weighted by Gasteiger charge is 2.42. The molecule has 0 spiro atoms. The van der Waals surface area contributed by atoms with E-state index in [9.17, 15) is 14.7 Å². The van der Waals surface area contributed by atoms with Gasteiger partial charge in [0.2, 0.25) is 0 Å². The lowest BCUT2D eigenvalue weighted by atomic mass is 9.90. The number of nitrogens with one attached hydrogen (secondary N) is 1. The van der Waals surface area contributed by atoms with Crippen LogP contribution < -0.4 is 10.1 Å². The molecule has 2 N–H and O–H groups in total. The lowest BCUT2D eigenvalue weighted by Crippen LogP contribution is -2.37. The van der Waals surface area contributed by atoms with E-state index in [-0.39, 0.29) is 12.6 Å². The molecule has 0 radical (unpaired) electrons. The fourth-order valence-electron chi connectivity index (χ4n) is 2.44. The molecule has 1 aliphatic heterocycles. The lowest BCUT2D eigenvalue weighted by Gasteiger charge is -2.21. The molecule has 7 heteroatoms. The van der Waals surface area contributed by atoms with E-state index in [0.717, 1.165) is 6.42 Å². The lowest BCUT2D eigenvalue weighted by molar-refractivity contribution is -0.146. The minimum absolute atomic E-state index is 0.180.